The van der Waals surface area contributed by atoms with E-state index in [1.807, 2.05) is 11.8 Å². The Morgan fingerprint density at radius 3 is 2.75 bits per heavy atom. The summed E-state index contributed by atoms with van der Waals surface area (Å²) >= 11 is 1.85. The second kappa shape index (κ2) is 5.10. The number of aliphatic hydroxyl groups is 1. The normalized spacial score (nSPS) is 33.2. The molecule has 1 fully saturated rings. The van der Waals surface area contributed by atoms with E-state index in [4.69, 9.17) is 5.73 Å². The lowest BCUT2D eigenvalue weighted by molar-refractivity contribution is 0.137. The molecule has 0 amide bonds. The second-order valence-corrected chi connectivity index (χ2v) is 5.26. The summed E-state index contributed by atoms with van der Waals surface area (Å²) in [6.45, 7) is 2.85. The molecule has 0 aromatic heterocycles. The highest BCUT2D eigenvalue weighted by Gasteiger charge is 2.24. The summed E-state index contributed by atoms with van der Waals surface area (Å²) in [5.41, 5.74) is 5.53. The van der Waals surface area contributed by atoms with Gasteiger partial charge in [-0.25, -0.2) is 0 Å². The first-order valence-electron chi connectivity index (χ1n) is 4.77. The smallest absolute Gasteiger partial charge is 0.0658 e. The Morgan fingerprint density at radius 2 is 2.17 bits per heavy atom. The van der Waals surface area contributed by atoms with Crippen LogP contribution in [0.1, 0.15) is 32.6 Å². The molecule has 1 rings (SSSR count). The van der Waals surface area contributed by atoms with Crippen molar-refractivity contribution >= 4 is 11.8 Å². The molecule has 0 aliphatic heterocycles. The van der Waals surface area contributed by atoms with Crippen LogP contribution >= 0.6 is 11.8 Å². The fraction of sp³-hybridized carbons (Fsp3) is 1.00. The van der Waals surface area contributed by atoms with Gasteiger partial charge in [0.2, 0.25) is 0 Å². The summed E-state index contributed by atoms with van der Waals surface area (Å²) in [5.74, 6) is 0. The lowest BCUT2D eigenvalue weighted by Gasteiger charge is -2.28. The fourth-order valence-electron chi connectivity index (χ4n) is 1.59. The van der Waals surface area contributed by atoms with Gasteiger partial charge in [0.1, 0.15) is 0 Å². The number of rotatable bonds is 3. The third-order valence-corrected chi connectivity index (χ3v) is 3.96. The van der Waals surface area contributed by atoms with Gasteiger partial charge in [-0.05, 0) is 12.8 Å². The Kier molecular flexibility index (Phi) is 4.40. The minimum absolute atomic E-state index is 0.0854. The molecular formula is C9H19NOS. The molecule has 3 heteroatoms. The van der Waals surface area contributed by atoms with E-state index in [1.165, 1.54) is 12.8 Å². The molecule has 0 saturated heterocycles. The Bertz CT molecular complexity index is 132. The second-order valence-electron chi connectivity index (χ2n) is 3.57. The SMILES string of the molecule is CC(CN)SC1CCCCC1O. The van der Waals surface area contributed by atoms with Gasteiger partial charge in [0.15, 0.2) is 0 Å². The molecule has 3 atom stereocenters. The van der Waals surface area contributed by atoms with Gasteiger partial charge in [-0.1, -0.05) is 19.8 Å². The third kappa shape index (κ3) is 2.96. The summed E-state index contributed by atoms with van der Waals surface area (Å²) in [5, 5.41) is 10.6. The van der Waals surface area contributed by atoms with Gasteiger partial charge in [-0.3, -0.25) is 0 Å². The average molecular weight is 189 g/mol. The van der Waals surface area contributed by atoms with Crippen molar-refractivity contribution in [3.05, 3.63) is 0 Å². The van der Waals surface area contributed by atoms with E-state index in [2.05, 4.69) is 6.92 Å². The van der Waals surface area contributed by atoms with Crippen LogP contribution < -0.4 is 5.73 Å². The lowest BCUT2D eigenvalue weighted by atomic mass is 9.97. The van der Waals surface area contributed by atoms with Gasteiger partial charge in [-0.2, -0.15) is 11.8 Å². The predicted molar refractivity (Wildman–Crippen MR) is 54.4 cm³/mol. The molecule has 0 radical (unpaired) electrons. The van der Waals surface area contributed by atoms with Crippen molar-refractivity contribution in [3.8, 4) is 0 Å². The predicted octanol–water partition coefficient (Wildman–Crippen LogP) is 1.37. The van der Waals surface area contributed by atoms with E-state index in [0.717, 1.165) is 12.8 Å². The van der Waals surface area contributed by atoms with Crippen LogP contribution in [-0.2, 0) is 0 Å². The molecule has 1 saturated carbocycles. The van der Waals surface area contributed by atoms with Crippen LogP contribution in [0.2, 0.25) is 0 Å². The first kappa shape index (κ1) is 10.4. The largest absolute Gasteiger partial charge is 0.392 e. The highest BCUT2D eigenvalue weighted by atomic mass is 32.2. The topological polar surface area (TPSA) is 46.2 Å². The highest BCUT2D eigenvalue weighted by molar-refractivity contribution is 8.00. The molecule has 2 nitrogen and oxygen atoms in total. The van der Waals surface area contributed by atoms with Crippen LogP contribution in [0.3, 0.4) is 0 Å². The van der Waals surface area contributed by atoms with Crippen molar-refractivity contribution in [2.45, 2.75) is 49.2 Å². The van der Waals surface area contributed by atoms with Crippen LogP contribution in [0.5, 0.6) is 0 Å². The quantitative estimate of drug-likeness (QED) is 0.705. The molecule has 12 heavy (non-hydrogen) atoms. The van der Waals surface area contributed by atoms with Crippen LogP contribution in [0.4, 0.5) is 0 Å². The van der Waals surface area contributed by atoms with Crippen molar-refractivity contribution in [2.24, 2.45) is 5.73 Å². The van der Waals surface area contributed by atoms with Gasteiger partial charge < -0.3 is 10.8 Å². The maximum atomic E-state index is 9.65. The molecule has 1 aliphatic carbocycles. The summed E-state index contributed by atoms with van der Waals surface area (Å²) in [7, 11) is 0. The highest BCUT2D eigenvalue weighted by Crippen LogP contribution is 2.30. The zero-order valence-electron chi connectivity index (χ0n) is 7.70. The van der Waals surface area contributed by atoms with E-state index in [1.54, 1.807) is 0 Å². The van der Waals surface area contributed by atoms with Crippen molar-refractivity contribution in [1.29, 1.82) is 0 Å². The zero-order valence-corrected chi connectivity index (χ0v) is 8.52. The van der Waals surface area contributed by atoms with Crippen LogP contribution in [0, 0.1) is 0 Å². The Hall–Kier alpha value is 0.270. The molecule has 3 N–H and O–H groups in total. The Labute approximate surface area is 78.9 Å². The molecule has 72 valence electrons. The number of hydrogen-bond donors (Lipinski definition) is 2. The molecule has 0 heterocycles. The summed E-state index contributed by atoms with van der Waals surface area (Å²) in [4.78, 5) is 0. The first-order valence-corrected chi connectivity index (χ1v) is 5.72. The van der Waals surface area contributed by atoms with Gasteiger partial charge in [0.05, 0.1) is 6.10 Å². The maximum absolute atomic E-state index is 9.65. The summed E-state index contributed by atoms with van der Waals surface area (Å²) < 4.78 is 0. The van der Waals surface area contributed by atoms with Crippen molar-refractivity contribution in [1.82, 2.24) is 0 Å². The zero-order chi connectivity index (χ0) is 8.97. The van der Waals surface area contributed by atoms with Crippen LogP contribution in [0.25, 0.3) is 0 Å². The monoisotopic (exact) mass is 189 g/mol. The van der Waals surface area contributed by atoms with Crippen molar-refractivity contribution in [3.63, 3.8) is 0 Å². The molecule has 0 spiro atoms. The number of thioether (sulfide) groups is 1. The molecule has 0 aromatic carbocycles. The van der Waals surface area contributed by atoms with Gasteiger partial charge in [0, 0.05) is 17.0 Å². The lowest BCUT2D eigenvalue weighted by Crippen LogP contribution is -2.30. The Balaban J connectivity index is 2.28. The first-order chi connectivity index (χ1) is 5.74. The molecule has 0 bridgehead atoms. The number of nitrogens with two attached hydrogens (primary N) is 1. The number of aliphatic hydroxyl groups excluding tert-OH is 1. The van der Waals surface area contributed by atoms with Crippen LogP contribution in [-0.4, -0.2) is 28.3 Å². The van der Waals surface area contributed by atoms with Gasteiger partial charge >= 0.3 is 0 Å². The maximum Gasteiger partial charge on any atom is 0.0658 e. The summed E-state index contributed by atoms with van der Waals surface area (Å²) in [6.07, 6.45) is 4.52. The van der Waals surface area contributed by atoms with Crippen molar-refractivity contribution < 1.29 is 5.11 Å². The average Bonchev–Trinajstić information content (AvgIpc) is 2.09. The van der Waals surface area contributed by atoms with E-state index in [9.17, 15) is 5.11 Å². The third-order valence-electron chi connectivity index (χ3n) is 2.41. The Morgan fingerprint density at radius 1 is 1.50 bits per heavy atom. The standard InChI is InChI=1S/C9H19NOS/c1-7(6-10)12-9-5-3-2-4-8(9)11/h7-9,11H,2-6,10H2,1H3. The van der Waals surface area contributed by atoms with Gasteiger partial charge in [0.25, 0.3) is 0 Å². The molecule has 0 aromatic rings. The summed E-state index contributed by atoms with van der Waals surface area (Å²) in [6, 6.07) is 0. The van der Waals surface area contributed by atoms with E-state index < -0.39 is 0 Å². The fourth-order valence-corrected chi connectivity index (χ4v) is 2.92. The minimum Gasteiger partial charge on any atom is -0.392 e. The molecule has 3 unspecified atom stereocenters. The number of hydrogen-bond acceptors (Lipinski definition) is 3. The van der Waals surface area contributed by atoms with E-state index in [0.29, 0.717) is 17.0 Å². The van der Waals surface area contributed by atoms with E-state index >= 15 is 0 Å². The van der Waals surface area contributed by atoms with Crippen LogP contribution in [0.15, 0.2) is 0 Å². The molecular weight excluding hydrogens is 170 g/mol. The van der Waals surface area contributed by atoms with E-state index in [-0.39, 0.29) is 6.10 Å². The van der Waals surface area contributed by atoms with Gasteiger partial charge in [-0.15, -0.1) is 0 Å². The van der Waals surface area contributed by atoms with Crippen molar-refractivity contribution in [2.75, 3.05) is 6.54 Å². The molecule has 1 aliphatic rings. The minimum atomic E-state index is -0.0854.